The first kappa shape index (κ1) is 18.3. The molecule has 0 radical (unpaired) electrons. The van der Waals surface area contributed by atoms with Crippen LogP contribution in [0.25, 0.3) is 0 Å². The highest BCUT2D eigenvalue weighted by molar-refractivity contribution is 6.32. The molecule has 142 valence electrons. The number of carbonyl (C=O) groups is 1. The summed E-state index contributed by atoms with van der Waals surface area (Å²) in [7, 11) is 0. The molecule has 2 aliphatic rings. The molecule has 1 saturated carbocycles. The molecule has 3 atom stereocenters. The van der Waals surface area contributed by atoms with E-state index in [0.717, 1.165) is 12.1 Å². The van der Waals surface area contributed by atoms with E-state index in [1.807, 2.05) is 24.3 Å². The summed E-state index contributed by atoms with van der Waals surface area (Å²) >= 11 is 6.33. The second-order valence-corrected chi connectivity index (χ2v) is 7.76. The standard InChI is InChI=1S/C21H24ClN3O2/c22-17-12-15(8-9-20(17)27-13-16-6-3-4-10-23-16)24-21(26)19-11-14-5-1-2-7-18(14)25-19/h3-4,6,8-10,12,14,18-19,25H,1-2,5,7,11,13H2,(H,24,26). The minimum atomic E-state index is -0.114. The van der Waals surface area contributed by atoms with Gasteiger partial charge in [0, 0.05) is 17.9 Å². The third-order valence-corrected chi connectivity index (χ3v) is 5.78. The van der Waals surface area contributed by atoms with Crippen LogP contribution < -0.4 is 15.4 Å². The molecular formula is C21H24ClN3O2. The number of anilines is 1. The van der Waals surface area contributed by atoms with E-state index in [0.29, 0.717) is 35.0 Å². The molecule has 1 aromatic carbocycles. The zero-order valence-electron chi connectivity index (χ0n) is 15.2. The van der Waals surface area contributed by atoms with Crippen molar-refractivity contribution in [3.8, 4) is 5.75 Å². The van der Waals surface area contributed by atoms with Crippen LogP contribution in [0.4, 0.5) is 5.69 Å². The Morgan fingerprint density at radius 2 is 2.15 bits per heavy atom. The van der Waals surface area contributed by atoms with E-state index in [-0.39, 0.29) is 11.9 Å². The highest BCUT2D eigenvalue weighted by Gasteiger charge is 2.38. The van der Waals surface area contributed by atoms with Gasteiger partial charge in [-0.05, 0) is 55.5 Å². The minimum absolute atomic E-state index is 0.0163. The molecule has 1 aliphatic carbocycles. The van der Waals surface area contributed by atoms with Crippen LogP contribution in [-0.4, -0.2) is 23.0 Å². The fourth-order valence-electron chi connectivity index (χ4n) is 4.08. The summed E-state index contributed by atoms with van der Waals surface area (Å²) in [6.07, 6.45) is 7.62. The van der Waals surface area contributed by atoms with Crippen molar-refractivity contribution in [2.75, 3.05) is 5.32 Å². The van der Waals surface area contributed by atoms with Gasteiger partial charge in [-0.2, -0.15) is 0 Å². The zero-order chi connectivity index (χ0) is 18.6. The summed E-state index contributed by atoms with van der Waals surface area (Å²) in [6, 6.07) is 11.4. The van der Waals surface area contributed by atoms with Gasteiger partial charge in [0.2, 0.25) is 5.91 Å². The molecule has 2 aromatic rings. The topological polar surface area (TPSA) is 63.2 Å². The number of nitrogens with zero attached hydrogens (tertiary/aromatic N) is 1. The summed E-state index contributed by atoms with van der Waals surface area (Å²) in [4.78, 5) is 16.8. The van der Waals surface area contributed by atoms with Crippen molar-refractivity contribution in [1.82, 2.24) is 10.3 Å². The average molecular weight is 386 g/mol. The predicted molar refractivity (Wildman–Crippen MR) is 106 cm³/mol. The van der Waals surface area contributed by atoms with Gasteiger partial charge in [-0.15, -0.1) is 0 Å². The monoisotopic (exact) mass is 385 g/mol. The molecule has 2 fully saturated rings. The van der Waals surface area contributed by atoms with E-state index in [1.165, 1.54) is 25.7 Å². The van der Waals surface area contributed by atoms with Crippen LogP contribution in [0.2, 0.25) is 5.02 Å². The molecule has 1 aromatic heterocycles. The maximum absolute atomic E-state index is 12.6. The molecule has 27 heavy (non-hydrogen) atoms. The number of halogens is 1. The molecule has 2 heterocycles. The van der Waals surface area contributed by atoms with E-state index in [2.05, 4.69) is 15.6 Å². The number of hydrogen-bond donors (Lipinski definition) is 2. The van der Waals surface area contributed by atoms with E-state index >= 15 is 0 Å². The van der Waals surface area contributed by atoms with Gasteiger partial charge in [0.15, 0.2) is 0 Å². The zero-order valence-corrected chi connectivity index (χ0v) is 15.9. The molecule has 6 heteroatoms. The number of benzene rings is 1. The van der Waals surface area contributed by atoms with Gasteiger partial charge >= 0.3 is 0 Å². The van der Waals surface area contributed by atoms with Crippen molar-refractivity contribution in [3.63, 3.8) is 0 Å². The fourth-order valence-corrected chi connectivity index (χ4v) is 4.32. The number of pyridine rings is 1. The van der Waals surface area contributed by atoms with Gasteiger partial charge in [0.05, 0.1) is 16.8 Å². The second kappa shape index (κ2) is 8.28. The Kier molecular flexibility index (Phi) is 5.60. The van der Waals surface area contributed by atoms with Crippen molar-refractivity contribution in [1.29, 1.82) is 0 Å². The summed E-state index contributed by atoms with van der Waals surface area (Å²) in [5.74, 6) is 1.23. The molecular weight excluding hydrogens is 362 g/mol. The Hall–Kier alpha value is -2.11. The van der Waals surface area contributed by atoms with Crippen LogP contribution >= 0.6 is 11.6 Å². The highest BCUT2D eigenvalue weighted by atomic mass is 35.5. The predicted octanol–water partition coefficient (Wildman–Crippen LogP) is 4.17. The van der Waals surface area contributed by atoms with Crippen LogP contribution in [0, 0.1) is 5.92 Å². The van der Waals surface area contributed by atoms with Crippen molar-refractivity contribution in [2.24, 2.45) is 5.92 Å². The van der Waals surface area contributed by atoms with E-state index < -0.39 is 0 Å². The third-order valence-electron chi connectivity index (χ3n) is 5.48. The SMILES string of the molecule is O=C(Nc1ccc(OCc2ccccn2)c(Cl)c1)C1CC2CCCCC2N1. The quantitative estimate of drug-likeness (QED) is 0.810. The Bertz CT molecular complexity index is 785. The number of aromatic nitrogens is 1. The molecule has 3 unspecified atom stereocenters. The maximum Gasteiger partial charge on any atom is 0.241 e. The van der Waals surface area contributed by atoms with Crippen LogP contribution in [0.1, 0.15) is 37.8 Å². The molecule has 1 amide bonds. The minimum Gasteiger partial charge on any atom is -0.486 e. The van der Waals surface area contributed by atoms with Gasteiger partial charge in [-0.3, -0.25) is 9.78 Å². The molecule has 0 bridgehead atoms. The Labute approximate surface area is 164 Å². The molecule has 5 nitrogen and oxygen atoms in total. The fraction of sp³-hybridized carbons (Fsp3) is 0.429. The highest BCUT2D eigenvalue weighted by Crippen LogP contribution is 2.34. The number of fused-ring (bicyclic) bond motifs is 1. The largest absolute Gasteiger partial charge is 0.486 e. The van der Waals surface area contributed by atoms with Crippen LogP contribution in [0.3, 0.4) is 0 Å². The lowest BCUT2D eigenvalue weighted by molar-refractivity contribution is -0.117. The Balaban J connectivity index is 1.34. The Morgan fingerprint density at radius 3 is 2.93 bits per heavy atom. The van der Waals surface area contributed by atoms with Gasteiger partial charge in [-0.25, -0.2) is 0 Å². The average Bonchev–Trinajstić information content (AvgIpc) is 3.13. The Morgan fingerprint density at radius 1 is 1.26 bits per heavy atom. The molecule has 2 N–H and O–H groups in total. The number of ether oxygens (including phenoxy) is 1. The lowest BCUT2D eigenvalue weighted by Gasteiger charge is -2.24. The van der Waals surface area contributed by atoms with Crippen molar-refractivity contribution >= 4 is 23.2 Å². The smallest absolute Gasteiger partial charge is 0.241 e. The van der Waals surface area contributed by atoms with Gasteiger partial charge in [-0.1, -0.05) is 30.5 Å². The first-order chi connectivity index (χ1) is 13.2. The summed E-state index contributed by atoms with van der Waals surface area (Å²) in [5, 5.41) is 6.95. The van der Waals surface area contributed by atoms with Crippen LogP contribution in [0.5, 0.6) is 5.75 Å². The lowest BCUT2D eigenvalue weighted by Crippen LogP contribution is -2.39. The van der Waals surface area contributed by atoms with E-state index in [4.69, 9.17) is 16.3 Å². The normalized spacial score (nSPS) is 24.3. The summed E-state index contributed by atoms with van der Waals surface area (Å²) < 4.78 is 5.73. The van der Waals surface area contributed by atoms with Crippen molar-refractivity contribution in [2.45, 2.75) is 50.8 Å². The molecule has 1 saturated heterocycles. The third kappa shape index (κ3) is 4.42. The molecule has 0 spiro atoms. The number of carbonyl (C=O) groups excluding carboxylic acids is 1. The van der Waals surface area contributed by atoms with E-state index in [1.54, 1.807) is 18.3 Å². The number of amides is 1. The maximum atomic E-state index is 12.6. The van der Waals surface area contributed by atoms with Crippen LogP contribution in [-0.2, 0) is 11.4 Å². The number of rotatable bonds is 5. The van der Waals surface area contributed by atoms with Crippen molar-refractivity contribution in [3.05, 3.63) is 53.3 Å². The molecule has 1 aliphatic heterocycles. The number of hydrogen-bond acceptors (Lipinski definition) is 4. The van der Waals surface area contributed by atoms with Crippen molar-refractivity contribution < 1.29 is 9.53 Å². The summed E-state index contributed by atoms with van der Waals surface area (Å²) in [6.45, 7) is 0.348. The van der Waals surface area contributed by atoms with Crippen LogP contribution in [0.15, 0.2) is 42.6 Å². The van der Waals surface area contributed by atoms with Gasteiger partial charge in [0.1, 0.15) is 12.4 Å². The first-order valence-corrected chi connectivity index (χ1v) is 9.96. The second-order valence-electron chi connectivity index (χ2n) is 7.35. The number of nitrogens with one attached hydrogen (secondary N) is 2. The summed E-state index contributed by atoms with van der Waals surface area (Å²) in [5.41, 5.74) is 1.52. The first-order valence-electron chi connectivity index (χ1n) is 9.58. The van der Waals surface area contributed by atoms with Gasteiger partial charge < -0.3 is 15.4 Å². The van der Waals surface area contributed by atoms with E-state index in [9.17, 15) is 4.79 Å². The molecule has 4 rings (SSSR count). The lowest BCUT2D eigenvalue weighted by atomic mass is 9.85. The van der Waals surface area contributed by atoms with Gasteiger partial charge in [0.25, 0.3) is 0 Å².